The van der Waals surface area contributed by atoms with Crippen LogP contribution >= 0.6 is 0 Å². The van der Waals surface area contributed by atoms with E-state index in [-0.39, 0.29) is 0 Å². The predicted octanol–water partition coefficient (Wildman–Crippen LogP) is -0.782. The van der Waals surface area contributed by atoms with Gasteiger partial charge < -0.3 is 11.1 Å². The second-order valence-corrected chi connectivity index (χ2v) is 5.03. The van der Waals surface area contributed by atoms with Gasteiger partial charge in [-0.05, 0) is 12.3 Å². The minimum absolute atomic E-state index is 0.437. The van der Waals surface area contributed by atoms with Crippen LogP contribution in [0.25, 0.3) is 0 Å². The van der Waals surface area contributed by atoms with Crippen LogP contribution in [0.2, 0.25) is 0 Å². The molecule has 1 fully saturated rings. The van der Waals surface area contributed by atoms with Crippen LogP contribution in [0.4, 0.5) is 0 Å². The molecular weight excluding hydrogens is 188 g/mol. The molecule has 5 heteroatoms. The minimum Gasteiger partial charge on any atom is -0.369 e. The van der Waals surface area contributed by atoms with Crippen LogP contribution in [0.1, 0.15) is 13.3 Å². The molecule has 0 spiro atoms. The largest absolute Gasteiger partial charge is 0.369 e. The zero-order valence-electron chi connectivity index (χ0n) is 7.79. The number of nitrogens with one attached hydrogen (secondary N) is 1. The first-order chi connectivity index (χ1) is 6.15. The fourth-order valence-electron chi connectivity index (χ4n) is 1.33. The van der Waals surface area contributed by atoms with Crippen molar-refractivity contribution in [2.45, 2.75) is 18.6 Å². The van der Waals surface area contributed by atoms with Gasteiger partial charge in [0.15, 0.2) is 0 Å². The molecule has 1 saturated heterocycles. The Balaban J connectivity index is 2.38. The fourth-order valence-corrected chi connectivity index (χ4v) is 2.89. The van der Waals surface area contributed by atoms with Gasteiger partial charge in [0.2, 0.25) is 5.91 Å². The van der Waals surface area contributed by atoms with Gasteiger partial charge in [0, 0.05) is 29.6 Å². The summed E-state index contributed by atoms with van der Waals surface area (Å²) in [5.74, 6) is 0.636. The third kappa shape index (κ3) is 2.77. The first-order valence-corrected chi connectivity index (χ1v) is 5.90. The molecule has 0 radical (unpaired) electrons. The Morgan fingerprint density at radius 3 is 2.62 bits per heavy atom. The van der Waals surface area contributed by atoms with Gasteiger partial charge >= 0.3 is 0 Å². The van der Waals surface area contributed by atoms with Gasteiger partial charge in [0.25, 0.3) is 0 Å². The van der Waals surface area contributed by atoms with E-state index >= 15 is 0 Å². The summed E-state index contributed by atoms with van der Waals surface area (Å²) in [6.07, 6.45) is 0.572. The maximum Gasteiger partial charge on any atom is 0.233 e. The van der Waals surface area contributed by atoms with Crippen molar-refractivity contribution in [3.8, 4) is 0 Å². The van der Waals surface area contributed by atoms with Gasteiger partial charge in [0.05, 0.1) is 0 Å². The molecule has 0 aromatic rings. The Kier molecular flexibility index (Phi) is 3.87. The van der Waals surface area contributed by atoms with Crippen molar-refractivity contribution >= 4 is 16.7 Å². The number of rotatable bonds is 5. The maximum absolute atomic E-state index is 11.6. The van der Waals surface area contributed by atoms with Crippen LogP contribution in [0.3, 0.4) is 0 Å². The summed E-state index contributed by atoms with van der Waals surface area (Å²) in [5, 5.41) is 2.64. The highest BCUT2D eigenvalue weighted by atomic mass is 32.2. The number of carbonyl (C=O) groups excluding carboxylic acids is 1. The summed E-state index contributed by atoms with van der Waals surface area (Å²) in [7, 11) is -1.08. The third-order valence-corrected chi connectivity index (χ3v) is 4.27. The number of primary amides is 1. The topological polar surface area (TPSA) is 72.2 Å². The van der Waals surface area contributed by atoms with Gasteiger partial charge in [-0.25, -0.2) is 0 Å². The van der Waals surface area contributed by atoms with E-state index in [1.165, 1.54) is 0 Å². The first-order valence-electron chi connectivity index (χ1n) is 4.52. The quantitative estimate of drug-likeness (QED) is 0.617. The number of nitrogens with two attached hydrogens (primary N) is 1. The Bertz CT molecular complexity index is 216. The average molecular weight is 204 g/mol. The molecule has 0 aliphatic carbocycles. The molecule has 1 aliphatic rings. The first kappa shape index (κ1) is 10.7. The van der Waals surface area contributed by atoms with Gasteiger partial charge in [-0.2, -0.15) is 0 Å². The van der Waals surface area contributed by atoms with E-state index in [1.54, 1.807) is 0 Å². The highest BCUT2D eigenvalue weighted by Gasteiger charge is 2.26. The molecule has 76 valence electrons. The molecule has 1 aliphatic heterocycles. The normalized spacial score (nSPS) is 21.9. The molecule has 2 atom stereocenters. The molecule has 13 heavy (non-hydrogen) atoms. The van der Waals surface area contributed by atoms with Crippen LogP contribution in [-0.4, -0.2) is 34.2 Å². The highest BCUT2D eigenvalue weighted by molar-refractivity contribution is 7.86. The van der Waals surface area contributed by atoms with Gasteiger partial charge in [-0.1, -0.05) is 6.92 Å². The van der Waals surface area contributed by atoms with Crippen LogP contribution in [0, 0.1) is 5.92 Å². The maximum atomic E-state index is 11.6. The van der Waals surface area contributed by atoms with Crippen molar-refractivity contribution in [2.24, 2.45) is 11.7 Å². The third-order valence-electron chi connectivity index (χ3n) is 2.27. The van der Waals surface area contributed by atoms with Crippen molar-refractivity contribution in [2.75, 3.05) is 18.8 Å². The Morgan fingerprint density at radius 2 is 2.31 bits per heavy atom. The predicted molar refractivity (Wildman–Crippen MR) is 52.6 cm³/mol. The zero-order chi connectivity index (χ0) is 9.84. The van der Waals surface area contributed by atoms with Crippen molar-refractivity contribution < 1.29 is 9.00 Å². The van der Waals surface area contributed by atoms with Crippen molar-refractivity contribution in [3.05, 3.63) is 0 Å². The minimum atomic E-state index is -1.08. The molecule has 0 aromatic carbocycles. The number of hydrogen-bond donors (Lipinski definition) is 2. The van der Waals surface area contributed by atoms with Crippen LogP contribution in [0.5, 0.6) is 0 Å². The summed E-state index contributed by atoms with van der Waals surface area (Å²) in [5.41, 5.74) is 5.14. The summed E-state index contributed by atoms with van der Waals surface area (Å²) in [6, 6.07) is 0. The summed E-state index contributed by atoms with van der Waals surface area (Å²) in [6.45, 7) is 3.67. The van der Waals surface area contributed by atoms with E-state index in [0.717, 1.165) is 13.1 Å². The molecule has 0 bridgehead atoms. The number of carbonyl (C=O) groups is 1. The lowest BCUT2D eigenvalue weighted by molar-refractivity contribution is -0.117. The van der Waals surface area contributed by atoms with E-state index in [0.29, 0.717) is 18.1 Å². The Labute approximate surface area is 80.7 Å². The second kappa shape index (κ2) is 4.72. The van der Waals surface area contributed by atoms with Crippen LogP contribution < -0.4 is 11.1 Å². The summed E-state index contributed by atoms with van der Waals surface area (Å²) < 4.78 is 11.6. The summed E-state index contributed by atoms with van der Waals surface area (Å²) in [4.78, 5) is 10.9. The van der Waals surface area contributed by atoms with Gasteiger partial charge in [-0.15, -0.1) is 0 Å². The molecule has 1 amide bonds. The van der Waals surface area contributed by atoms with E-state index in [1.807, 2.05) is 6.92 Å². The van der Waals surface area contributed by atoms with E-state index < -0.39 is 22.0 Å². The lowest BCUT2D eigenvalue weighted by Gasteiger charge is -2.27. The molecule has 4 nitrogen and oxygen atoms in total. The van der Waals surface area contributed by atoms with Crippen LogP contribution in [0.15, 0.2) is 0 Å². The molecule has 2 unspecified atom stereocenters. The van der Waals surface area contributed by atoms with E-state index in [4.69, 9.17) is 5.73 Å². The van der Waals surface area contributed by atoms with Gasteiger partial charge in [-0.3, -0.25) is 9.00 Å². The highest BCUT2D eigenvalue weighted by Crippen LogP contribution is 2.10. The number of hydrogen-bond acceptors (Lipinski definition) is 3. The molecule has 3 N–H and O–H groups in total. The van der Waals surface area contributed by atoms with Crippen LogP contribution in [-0.2, 0) is 15.6 Å². The lowest BCUT2D eigenvalue weighted by Crippen LogP contribution is -2.46. The Hall–Kier alpha value is -0.420. The van der Waals surface area contributed by atoms with Crippen molar-refractivity contribution in [3.63, 3.8) is 0 Å². The summed E-state index contributed by atoms with van der Waals surface area (Å²) >= 11 is 0. The molecular formula is C8H16N2O2S. The molecule has 1 heterocycles. The lowest BCUT2D eigenvalue weighted by atomic mass is 10.1. The monoisotopic (exact) mass is 204 g/mol. The standard InChI is InChI=1S/C8H16N2O2S/c1-2-7(8(9)11)13(12)5-6-3-10-4-6/h6-7,10H,2-5H2,1H3,(H2,9,11). The SMILES string of the molecule is CCC(C(N)=O)S(=O)CC1CNC1. The van der Waals surface area contributed by atoms with E-state index in [9.17, 15) is 9.00 Å². The smallest absolute Gasteiger partial charge is 0.233 e. The molecule has 0 aromatic heterocycles. The molecule has 0 saturated carbocycles. The fraction of sp³-hybridized carbons (Fsp3) is 0.875. The van der Waals surface area contributed by atoms with Crippen molar-refractivity contribution in [1.82, 2.24) is 5.32 Å². The van der Waals surface area contributed by atoms with Crippen molar-refractivity contribution in [1.29, 1.82) is 0 Å². The number of amides is 1. The zero-order valence-corrected chi connectivity index (χ0v) is 8.60. The molecule has 1 rings (SSSR count). The van der Waals surface area contributed by atoms with E-state index in [2.05, 4.69) is 5.32 Å². The second-order valence-electron chi connectivity index (χ2n) is 3.37. The Morgan fingerprint density at radius 1 is 1.69 bits per heavy atom. The average Bonchev–Trinajstić information content (AvgIpc) is 1.97. The van der Waals surface area contributed by atoms with Gasteiger partial charge in [0.1, 0.15) is 5.25 Å².